The summed E-state index contributed by atoms with van der Waals surface area (Å²) in [7, 11) is 2.23. The SMILES string of the molecule is CCCCN(C)C[C@H]1CCCN1. The van der Waals surface area contributed by atoms with Crippen LogP contribution in [0.2, 0.25) is 0 Å². The highest BCUT2D eigenvalue weighted by Gasteiger charge is 2.14. The maximum atomic E-state index is 3.52. The van der Waals surface area contributed by atoms with E-state index >= 15 is 0 Å². The minimum atomic E-state index is 0.770. The van der Waals surface area contributed by atoms with Gasteiger partial charge in [-0.3, -0.25) is 0 Å². The summed E-state index contributed by atoms with van der Waals surface area (Å²) in [6, 6.07) is 0.770. The molecule has 2 nitrogen and oxygen atoms in total. The summed E-state index contributed by atoms with van der Waals surface area (Å²) >= 11 is 0. The number of unbranched alkanes of at least 4 members (excludes halogenated alkanes) is 1. The molecule has 0 aromatic carbocycles. The Kier molecular flexibility index (Phi) is 4.62. The quantitative estimate of drug-likeness (QED) is 0.672. The van der Waals surface area contributed by atoms with Gasteiger partial charge in [-0.15, -0.1) is 0 Å². The van der Waals surface area contributed by atoms with E-state index in [1.807, 2.05) is 0 Å². The summed E-state index contributed by atoms with van der Waals surface area (Å²) in [5, 5.41) is 3.52. The van der Waals surface area contributed by atoms with Gasteiger partial charge in [-0.1, -0.05) is 13.3 Å². The Morgan fingerprint density at radius 2 is 2.33 bits per heavy atom. The Labute approximate surface area is 76.3 Å². The molecule has 1 fully saturated rings. The first-order valence-corrected chi connectivity index (χ1v) is 5.25. The third-order valence-electron chi connectivity index (χ3n) is 2.59. The van der Waals surface area contributed by atoms with Crippen LogP contribution in [-0.4, -0.2) is 37.6 Å². The molecule has 1 aliphatic heterocycles. The van der Waals surface area contributed by atoms with Crippen molar-refractivity contribution in [2.24, 2.45) is 0 Å². The lowest BCUT2D eigenvalue weighted by molar-refractivity contribution is 0.296. The van der Waals surface area contributed by atoms with Crippen LogP contribution in [-0.2, 0) is 0 Å². The van der Waals surface area contributed by atoms with Gasteiger partial charge < -0.3 is 10.2 Å². The van der Waals surface area contributed by atoms with Crippen molar-refractivity contribution >= 4 is 0 Å². The van der Waals surface area contributed by atoms with Crippen LogP contribution in [0, 0.1) is 0 Å². The number of hydrogen-bond acceptors (Lipinski definition) is 2. The molecule has 0 aromatic heterocycles. The summed E-state index contributed by atoms with van der Waals surface area (Å²) < 4.78 is 0. The Balaban J connectivity index is 2.03. The Bertz CT molecular complexity index is 108. The minimum absolute atomic E-state index is 0.770. The lowest BCUT2D eigenvalue weighted by Crippen LogP contribution is -2.35. The second-order valence-electron chi connectivity index (χ2n) is 3.91. The van der Waals surface area contributed by atoms with E-state index in [4.69, 9.17) is 0 Å². The van der Waals surface area contributed by atoms with Gasteiger partial charge in [0, 0.05) is 12.6 Å². The zero-order chi connectivity index (χ0) is 8.81. The summed E-state index contributed by atoms with van der Waals surface area (Å²) in [4.78, 5) is 2.45. The molecule has 2 heteroatoms. The number of nitrogens with one attached hydrogen (secondary N) is 1. The van der Waals surface area contributed by atoms with Gasteiger partial charge >= 0.3 is 0 Å². The summed E-state index contributed by atoms with van der Waals surface area (Å²) in [6.07, 6.45) is 5.38. The van der Waals surface area contributed by atoms with Crippen molar-refractivity contribution in [2.45, 2.75) is 38.6 Å². The average Bonchev–Trinajstić information content (AvgIpc) is 2.53. The standard InChI is InChI=1S/C10H22N2/c1-3-4-8-12(2)9-10-6-5-7-11-10/h10-11H,3-9H2,1-2H3/t10-/m1/s1. The van der Waals surface area contributed by atoms with Gasteiger partial charge in [-0.05, 0) is 39.4 Å². The second-order valence-corrected chi connectivity index (χ2v) is 3.91. The largest absolute Gasteiger partial charge is 0.313 e. The van der Waals surface area contributed by atoms with Crippen LogP contribution in [0.3, 0.4) is 0 Å². The first kappa shape index (κ1) is 10.0. The molecular weight excluding hydrogens is 148 g/mol. The molecule has 1 N–H and O–H groups in total. The minimum Gasteiger partial charge on any atom is -0.313 e. The summed E-state index contributed by atoms with van der Waals surface area (Å²) in [5.74, 6) is 0. The molecule has 1 rings (SSSR count). The van der Waals surface area contributed by atoms with Gasteiger partial charge in [-0.25, -0.2) is 0 Å². The van der Waals surface area contributed by atoms with Crippen LogP contribution in [0.1, 0.15) is 32.6 Å². The molecule has 0 unspecified atom stereocenters. The molecule has 0 spiro atoms. The van der Waals surface area contributed by atoms with Gasteiger partial charge in [0.25, 0.3) is 0 Å². The van der Waals surface area contributed by atoms with E-state index in [0.29, 0.717) is 0 Å². The second kappa shape index (κ2) is 5.55. The monoisotopic (exact) mass is 170 g/mol. The van der Waals surface area contributed by atoms with E-state index in [9.17, 15) is 0 Å². The van der Waals surface area contributed by atoms with Crippen LogP contribution in [0.4, 0.5) is 0 Å². The molecule has 0 saturated carbocycles. The van der Waals surface area contributed by atoms with Crippen LogP contribution in [0.15, 0.2) is 0 Å². The Hall–Kier alpha value is -0.0800. The molecular formula is C10H22N2. The highest BCUT2D eigenvalue weighted by atomic mass is 15.1. The highest BCUT2D eigenvalue weighted by molar-refractivity contribution is 4.76. The topological polar surface area (TPSA) is 15.3 Å². The van der Waals surface area contributed by atoms with Crippen LogP contribution < -0.4 is 5.32 Å². The fourth-order valence-electron chi connectivity index (χ4n) is 1.81. The van der Waals surface area contributed by atoms with Crippen LogP contribution in [0.5, 0.6) is 0 Å². The van der Waals surface area contributed by atoms with Crippen molar-refractivity contribution in [3.8, 4) is 0 Å². The molecule has 72 valence electrons. The zero-order valence-electron chi connectivity index (χ0n) is 8.47. The van der Waals surface area contributed by atoms with Gasteiger partial charge in [-0.2, -0.15) is 0 Å². The van der Waals surface area contributed by atoms with E-state index in [1.165, 1.54) is 45.3 Å². The van der Waals surface area contributed by atoms with Crippen molar-refractivity contribution in [3.05, 3.63) is 0 Å². The molecule has 0 bridgehead atoms. The third kappa shape index (κ3) is 3.55. The molecule has 0 radical (unpaired) electrons. The summed E-state index contributed by atoms with van der Waals surface area (Å²) in [5.41, 5.74) is 0. The predicted octanol–water partition coefficient (Wildman–Crippen LogP) is 1.47. The van der Waals surface area contributed by atoms with Gasteiger partial charge in [0.05, 0.1) is 0 Å². The van der Waals surface area contributed by atoms with Crippen molar-refractivity contribution in [3.63, 3.8) is 0 Å². The van der Waals surface area contributed by atoms with E-state index < -0.39 is 0 Å². The van der Waals surface area contributed by atoms with Crippen molar-refractivity contribution < 1.29 is 0 Å². The number of nitrogens with zero attached hydrogens (tertiary/aromatic N) is 1. The van der Waals surface area contributed by atoms with E-state index in [1.54, 1.807) is 0 Å². The normalized spacial score (nSPS) is 23.8. The van der Waals surface area contributed by atoms with Crippen molar-refractivity contribution in [2.75, 3.05) is 26.7 Å². The first-order chi connectivity index (χ1) is 5.83. The molecule has 1 atom stereocenters. The lowest BCUT2D eigenvalue weighted by atomic mass is 10.2. The fraction of sp³-hybridized carbons (Fsp3) is 1.00. The molecule has 12 heavy (non-hydrogen) atoms. The van der Waals surface area contributed by atoms with E-state index in [0.717, 1.165) is 6.04 Å². The van der Waals surface area contributed by atoms with Crippen LogP contribution >= 0.6 is 0 Å². The zero-order valence-corrected chi connectivity index (χ0v) is 8.47. The van der Waals surface area contributed by atoms with Gasteiger partial charge in [0.2, 0.25) is 0 Å². The molecule has 0 amide bonds. The van der Waals surface area contributed by atoms with Crippen molar-refractivity contribution in [1.29, 1.82) is 0 Å². The fourth-order valence-corrected chi connectivity index (χ4v) is 1.81. The smallest absolute Gasteiger partial charge is 0.0195 e. The van der Waals surface area contributed by atoms with E-state index in [-0.39, 0.29) is 0 Å². The first-order valence-electron chi connectivity index (χ1n) is 5.25. The molecule has 0 aliphatic carbocycles. The van der Waals surface area contributed by atoms with Gasteiger partial charge in [0.15, 0.2) is 0 Å². The molecule has 1 aliphatic rings. The number of hydrogen-bond donors (Lipinski definition) is 1. The molecule has 1 saturated heterocycles. The Morgan fingerprint density at radius 3 is 2.92 bits per heavy atom. The predicted molar refractivity (Wildman–Crippen MR) is 53.4 cm³/mol. The Morgan fingerprint density at radius 1 is 1.50 bits per heavy atom. The maximum absolute atomic E-state index is 3.52. The highest BCUT2D eigenvalue weighted by Crippen LogP contribution is 2.06. The summed E-state index contributed by atoms with van der Waals surface area (Å²) in [6.45, 7) is 5.97. The molecule has 0 aromatic rings. The maximum Gasteiger partial charge on any atom is 0.0195 e. The number of rotatable bonds is 5. The molecule has 1 heterocycles. The van der Waals surface area contributed by atoms with Crippen LogP contribution in [0.25, 0.3) is 0 Å². The van der Waals surface area contributed by atoms with Gasteiger partial charge in [0.1, 0.15) is 0 Å². The lowest BCUT2D eigenvalue weighted by Gasteiger charge is -2.20. The van der Waals surface area contributed by atoms with Crippen molar-refractivity contribution in [1.82, 2.24) is 10.2 Å². The number of likely N-dealkylation sites (N-methyl/N-ethyl adjacent to an activating group) is 1. The van der Waals surface area contributed by atoms with E-state index in [2.05, 4.69) is 24.2 Å². The third-order valence-corrected chi connectivity index (χ3v) is 2.59. The average molecular weight is 170 g/mol.